The quantitative estimate of drug-likeness (QED) is 0.490. The first-order chi connectivity index (χ1) is 16.2. The molecule has 0 aliphatic carbocycles. The number of nitriles is 1. The fourth-order valence-electron chi connectivity index (χ4n) is 4.22. The highest BCUT2D eigenvalue weighted by Crippen LogP contribution is 2.31. The van der Waals surface area contributed by atoms with Gasteiger partial charge in [0, 0.05) is 53.8 Å². The Morgan fingerprint density at radius 3 is 2.74 bits per heavy atom. The van der Waals surface area contributed by atoms with Crippen LogP contribution in [-0.4, -0.2) is 39.7 Å². The van der Waals surface area contributed by atoms with Crippen molar-refractivity contribution < 1.29 is 9.53 Å². The molecule has 1 aliphatic rings. The Kier molecular flexibility index (Phi) is 6.60. The number of piperidine rings is 1. The van der Waals surface area contributed by atoms with Crippen LogP contribution in [0.5, 0.6) is 0 Å². The molecule has 0 spiro atoms. The first kappa shape index (κ1) is 23.4. The number of fused-ring (bicyclic) bond motifs is 1. The Morgan fingerprint density at radius 2 is 2.03 bits per heavy atom. The van der Waals surface area contributed by atoms with Crippen LogP contribution in [0.15, 0.2) is 42.9 Å². The third kappa shape index (κ3) is 5.23. The van der Waals surface area contributed by atoms with Crippen molar-refractivity contribution in [1.82, 2.24) is 14.9 Å². The third-order valence-corrected chi connectivity index (χ3v) is 6.10. The number of rotatable bonds is 4. The molecular formula is C27H31N5O2. The maximum atomic E-state index is 12.3. The van der Waals surface area contributed by atoms with Crippen molar-refractivity contribution in [1.29, 1.82) is 5.26 Å². The molecule has 2 N–H and O–H groups in total. The lowest BCUT2D eigenvalue weighted by atomic mass is 9.95. The van der Waals surface area contributed by atoms with Gasteiger partial charge in [0.1, 0.15) is 11.7 Å². The van der Waals surface area contributed by atoms with Crippen molar-refractivity contribution in [3.63, 3.8) is 0 Å². The number of anilines is 2. The van der Waals surface area contributed by atoms with Gasteiger partial charge in [0.25, 0.3) is 0 Å². The number of pyridine rings is 1. The molecule has 1 aromatic carbocycles. The van der Waals surface area contributed by atoms with Crippen molar-refractivity contribution in [3.05, 3.63) is 59.6 Å². The zero-order valence-corrected chi connectivity index (χ0v) is 20.2. The molecule has 0 radical (unpaired) electrons. The van der Waals surface area contributed by atoms with Gasteiger partial charge in [0.05, 0.1) is 11.3 Å². The van der Waals surface area contributed by atoms with Crippen LogP contribution in [0.25, 0.3) is 17.0 Å². The van der Waals surface area contributed by atoms with E-state index in [1.54, 1.807) is 17.3 Å². The van der Waals surface area contributed by atoms with Crippen molar-refractivity contribution in [2.45, 2.75) is 46.1 Å². The molecule has 1 fully saturated rings. The molecule has 0 bridgehead atoms. The molecule has 7 nitrogen and oxygen atoms in total. The summed E-state index contributed by atoms with van der Waals surface area (Å²) in [5, 5.41) is 14.3. The van der Waals surface area contributed by atoms with E-state index in [0.717, 1.165) is 46.2 Å². The van der Waals surface area contributed by atoms with Gasteiger partial charge in [-0.05, 0) is 70.2 Å². The summed E-state index contributed by atoms with van der Waals surface area (Å²) >= 11 is 0. The standard InChI is InChI=1S/C27H31N5O2/c1-18-22-9-12-30-24(22)8-7-23(18)31-25-20(16-29-17-21(25)15-28)6-5-19-10-13-32(14-11-19)26(33)34-27(2,3)4/h5-9,12,16-17,19,30H,10-11,13-14H2,1-4H3,(H,29,31)/b6-5+. The number of carbonyl (C=O) groups excluding carboxylic acids is 1. The molecule has 3 aromatic rings. The Labute approximate surface area is 200 Å². The summed E-state index contributed by atoms with van der Waals surface area (Å²) in [7, 11) is 0. The number of ether oxygens (including phenoxy) is 1. The number of nitrogens with one attached hydrogen (secondary N) is 2. The monoisotopic (exact) mass is 457 g/mol. The lowest BCUT2D eigenvalue weighted by Crippen LogP contribution is -2.41. The number of aryl methyl sites for hydroxylation is 1. The first-order valence-electron chi connectivity index (χ1n) is 11.6. The van der Waals surface area contributed by atoms with Gasteiger partial charge in [-0.2, -0.15) is 5.26 Å². The summed E-state index contributed by atoms with van der Waals surface area (Å²) < 4.78 is 5.49. The van der Waals surface area contributed by atoms with Crippen molar-refractivity contribution in [2.75, 3.05) is 18.4 Å². The average molecular weight is 458 g/mol. The molecule has 7 heteroatoms. The minimum atomic E-state index is -0.486. The third-order valence-electron chi connectivity index (χ3n) is 6.10. The second-order valence-electron chi connectivity index (χ2n) is 9.73. The van der Waals surface area contributed by atoms with E-state index in [9.17, 15) is 10.1 Å². The van der Waals surface area contributed by atoms with E-state index in [1.165, 1.54) is 0 Å². The molecule has 2 aromatic heterocycles. The number of aromatic nitrogens is 2. The molecule has 1 amide bonds. The summed E-state index contributed by atoms with van der Waals surface area (Å²) in [6.07, 6.45) is 11.0. The Bertz CT molecular complexity index is 1250. The number of hydrogen-bond donors (Lipinski definition) is 2. The van der Waals surface area contributed by atoms with Crippen molar-refractivity contribution >= 4 is 34.4 Å². The summed E-state index contributed by atoms with van der Waals surface area (Å²) in [4.78, 5) is 21.6. The lowest BCUT2D eigenvalue weighted by Gasteiger charge is -2.32. The molecule has 1 aliphatic heterocycles. The largest absolute Gasteiger partial charge is 0.444 e. The smallest absolute Gasteiger partial charge is 0.410 e. The number of aromatic amines is 1. The number of H-pyrrole nitrogens is 1. The zero-order chi connectivity index (χ0) is 24.3. The maximum absolute atomic E-state index is 12.3. The van der Waals surface area contributed by atoms with E-state index in [0.29, 0.717) is 24.6 Å². The van der Waals surface area contributed by atoms with Gasteiger partial charge in [-0.3, -0.25) is 4.98 Å². The van der Waals surface area contributed by atoms with Crippen LogP contribution < -0.4 is 5.32 Å². The van der Waals surface area contributed by atoms with Gasteiger partial charge in [0.15, 0.2) is 0 Å². The fourth-order valence-corrected chi connectivity index (χ4v) is 4.22. The first-order valence-corrected chi connectivity index (χ1v) is 11.6. The fraction of sp³-hybridized carbons (Fsp3) is 0.370. The van der Waals surface area contributed by atoms with Crippen molar-refractivity contribution in [3.8, 4) is 6.07 Å². The average Bonchev–Trinajstić information content (AvgIpc) is 3.29. The molecule has 176 valence electrons. The Morgan fingerprint density at radius 1 is 1.26 bits per heavy atom. The number of likely N-dealkylation sites (tertiary alicyclic amines) is 1. The number of hydrogen-bond acceptors (Lipinski definition) is 5. The number of benzene rings is 1. The maximum Gasteiger partial charge on any atom is 0.410 e. The Hall–Kier alpha value is -3.79. The number of amides is 1. The second-order valence-corrected chi connectivity index (χ2v) is 9.73. The summed E-state index contributed by atoms with van der Waals surface area (Å²) in [6, 6.07) is 8.37. The van der Waals surface area contributed by atoms with E-state index >= 15 is 0 Å². The van der Waals surface area contributed by atoms with Crippen LogP contribution in [0.1, 0.15) is 50.3 Å². The van der Waals surface area contributed by atoms with Crippen LogP contribution in [0.2, 0.25) is 0 Å². The SMILES string of the molecule is Cc1c(Nc2c(C#N)cncc2/C=C/C2CCN(C(=O)OC(C)(C)C)CC2)ccc2[nH]ccc12. The lowest BCUT2D eigenvalue weighted by molar-refractivity contribution is 0.0197. The van der Waals surface area contributed by atoms with Gasteiger partial charge in [-0.15, -0.1) is 0 Å². The normalized spacial score (nSPS) is 15.0. The van der Waals surface area contributed by atoms with E-state index in [-0.39, 0.29) is 6.09 Å². The summed E-state index contributed by atoms with van der Waals surface area (Å²) in [5.74, 6) is 0.343. The predicted octanol–water partition coefficient (Wildman–Crippen LogP) is 6.15. The summed E-state index contributed by atoms with van der Waals surface area (Å²) in [5.41, 5.74) is 4.77. The molecule has 4 rings (SSSR count). The topological polar surface area (TPSA) is 94.0 Å². The van der Waals surface area contributed by atoms with Crippen LogP contribution in [0.4, 0.5) is 16.2 Å². The van der Waals surface area contributed by atoms with Gasteiger partial charge >= 0.3 is 6.09 Å². The highest BCUT2D eigenvalue weighted by Gasteiger charge is 2.26. The second kappa shape index (κ2) is 9.60. The Balaban J connectivity index is 1.49. The van der Waals surface area contributed by atoms with Crippen LogP contribution in [-0.2, 0) is 4.74 Å². The molecule has 0 saturated carbocycles. The number of carbonyl (C=O) groups is 1. The highest BCUT2D eigenvalue weighted by molar-refractivity contribution is 5.89. The zero-order valence-electron chi connectivity index (χ0n) is 20.2. The van der Waals surface area contributed by atoms with Crippen LogP contribution >= 0.6 is 0 Å². The molecule has 34 heavy (non-hydrogen) atoms. The minimum absolute atomic E-state index is 0.248. The van der Waals surface area contributed by atoms with Gasteiger partial charge in [-0.1, -0.05) is 12.2 Å². The molecular weight excluding hydrogens is 426 g/mol. The predicted molar refractivity (Wildman–Crippen MR) is 135 cm³/mol. The minimum Gasteiger partial charge on any atom is -0.444 e. The van der Waals surface area contributed by atoms with E-state index in [4.69, 9.17) is 4.74 Å². The molecule has 1 saturated heterocycles. The number of allylic oxidation sites excluding steroid dienone is 1. The van der Waals surface area contributed by atoms with Crippen molar-refractivity contribution in [2.24, 2.45) is 5.92 Å². The highest BCUT2D eigenvalue weighted by atomic mass is 16.6. The van der Waals surface area contributed by atoms with Gasteiger partial charge in [0.2, 0.25) is 0 Å². The van der Waals surface area contributed by atoms with Gasteiger partial charge in [-0.25, -0.2) is 4.79 Å². The molecule has 0 atom stereocenters. The number of nitrogens with zero attached hydrogens (tertiary/aromatic N) is 3. The molecule has 0 unspecified atom stereocenters. The van der Waals surface area contributed by atoms with Crippen LogP contribution in [0.3, 0.4) is 0 Å². The van der Waals surface area contributed by atoms with Gasteiger partial charge < -0.3 is 19.9 Å². The van der Waals surface area contributed by atoms with E-state index in [2.05, 4.69) is 40.4 Å². The van der Waals surface area contributed by atoms with E-state index in [1.807, 2.05) is 45.2 Å². The molecule has 3 heterocycles. The van der Waals surface area contributed by atoms with E-state index < -0.39 is 5.60 Å². The summed E-state index contributed by atoms with van der Waals surface area (Å²) in [6.45, 7) is 9.05. The van der Waals surface area contributed by atoms with Crippen LogP contribution in [0, 0.1) is 24.2 Å².